The number of carbonyl (C=O) groups is 2. The van der Waals surface area contributed by atoms with Crippen LogP contribution in [0.3, 0.4) is 0 Å². The van der Waals surface area contributed by atoms with E-state index in [2.05, 4.69) is 10.1 Å². The third-order valence-corrected chi connectivity index (χ3v) is 3.45. The zero-order valence-corrected chi connectivity index (χ0v) is 13.7. The SMILES string of the molecule is COC(=O)CCC(=O)NCc1ccc(COc2ccccc2)cc1. The highest BCUT2D eigenvalue weighted by Gasteiger charge is 2.06. The van der Waals surface area contributed by atoms with Gasteiger partial charge in [-0.05, 0) is 23.3 Å². The van der Waals surface area contributed by atoms with Crippen LogP contribution in [0, 0.1) is 0 Å². The number of hydrogen-bond donors (Lipinski definition) is 1. The summed E-state index contributed by atoms with van der Waals surface area (Å²) in [4.78, 5) is 22.6. The Morgan fingerprint density at radius 1 is 0.917 bits per heavy atom. The second-order valence-electron chi connectivity index (χ2n) is 5.27. The third kappa shape index (κ3) is 6.12. The molecule has 0 aliphatic carbocycles. The Balaban J connectivity index is 1.73. The molecule has 0 unspecified atom stereocenters. The predicted molar refractivity (Wildman–Crippen MR) is 90.3 cm³/mol. The molecule has 0 bridgehead atoms. The van der Waals surface area contributed by atoms with Crippen LogP contribution in [0.15, 0.2) is 54.6 Å². The van der Waals surface area contributed by atoms with Gasteiger partial charge in [0.05, 0.1) is 13.5 Å². The summed E-state index contributed by atoms with van der Waals surface area (Å²) >= 11 is 0. The number of ether oxygens (including phenoxy) is 2. The van der Waals surface area contributed by atoms with Crippen molar-refractivity contribution < 1.29 is 19.1 Å². The molecule has 0 heterocycles. The minimum atomic E-state index is -0.382. The lowest BCUT2D eigenvalue weighted by Gasteiger charge is -2.08. The average Bonchev–Trinajstić information content (AvgIpc) is 2.64. The molecule has 5 heteroatoms. The van der Waals surface area contributed by atoms with Crippen molar-refractivity contribution in [3.05, 3.63) is 65.7 Å². The minimum Gasteiger partial charge on any atom is -0.489 e. The van der Waals surface area contributed by atoms with Gasteiger partial charge in [-0.25, -0.2) is 0 Å². The van der Waals surface area contributed by atoms with E-state index in [1.54, 1.807) is 0 Å². The zero-order chi connectivity index (χ0) is 17.2. The van der Waals surface area contributed by atoms with E-state index in [-0.39, 0.29) is 24.7 Å². The fourth-order valence-electron chi connectivity index (χ4n) is 2.04. The fourth-order valence-corrected chi connectivity index (χ4v) is 2.04. The topological polar surface area (TPSA) is 64.6 Å². The van der Waals surface area contributed by atoms with Gasteiger partial charge in [0.2, 0.25) is 5.91 Å². The second kappa shape index (κ2) is 9.35. The molecular weight excluding hydrogens is 306 g/mol. The smallest absolute Gasteiger partial charge is 0.306 e. The summed E-state index contributed by atoms with van der Waals surface area (Å²) < 4.78 is 10.2. The van der Waals surface area contributed by atoms with Crippen molar-refractivity contribution in [2.45, 2.75) is 26.0 Å². The molecule has 5 nitrogen and oxygen atoms in total. The Hall–Kier alpha value is -2.82. The molecule has 24 heavy (non-hydrogen) atoms. The van der Waals surface area contributed by atoms with Crippen molar-refractivity contribution >= 4 is 11.9 Å². The number of hydrogen-bond acceptors (Lipinski definition) is 4. The lowest BCUT2D eigenvalue weighted by molar-refractivity contribution is -0.142. The molecule has 0 aromatic heterocycles. The highest BCUT2D eigenvalue weighted by molar-refractivity contribution is 5.81. The summed E-state index contributed by atoms with van der Waals surface area (Å²) in [6.45, 7) is 0.926. The monoisotopic (exact) mass is 327 g/mol. The molecule has 0 saturated heterocycles. The van der Waals surface area contributed by atoms with Gasteiger partial charge in [0, 0.05) is 13.0 Å². The summed E-state index contributed by atoms with van der Waals surface area (Å²) in [5.74, 6) is 0.282. The van der Waals surface area contributed by atoms with Gasteiger partial charge in [-0.1, -0.05) is 42.5 Å². The van der Waals surface area contributed by atoms with Crippen molar-refractivity contribution in [2.75, 3.05) is 7.11 Å². The molecule has 0 fully saturated rings. The maximum absolute atomic E-state index is 11.6. The first-order valence-corrected chi connectivity index (χ1v) is 7.76. The van der Waals surface area contributed by atoms with Crippen molar-refractivity contribution in [1.82, 2.24) is 5.32 Å². The highest BCUT2D eigenvalue weighted by atomic mass is 16.5. The van der Waals surface area contributed by atoms with Crippen LogP contribution in [-0.4, -0.2) is 19.0 Å². The van der Waals surface area contributed by atoms with Crippen molar-refractivity contribution in [3.8, 4) is 5.75 Å². The Bertz CT molecular complexity index is 653. The van der Waals surface area contributed by atoms with Gasteiger partial charge in [0.1, 0.15) is 12.4 Å². The third-order valence-electron chi connectivity index (χ3n) is 3.45. The van der Waals surface area contributed by atoms with Crippen LogP contribution >= 0.6 is 0 Å². The summed E-state index contributed by atoms with van der Waals surface area (Å²) in [5, 5.41) is 2.78. The summed E-state index contributed by atoms with van der Waals surface area (Å²) in [6, 6.07) is 17.5. The summed E-state index contributed by atoms with van der Waals surface area (Å²) in [7, 11) is 1.31. The van der Waals surface area contributed by atoms with Gasteiger partial charge in [0.25, 0.3) is 0 Å². The molecule has 1 amide bonds. The molecule has 0 aliphatic heterocycles. The second-order valence-corrected chi connectivity index (χ2v) is 5.27. The Labute approximate surface area is 141 Å². The molecule has 2 aromatic rings. The van der Waals surface area contributed by atoms with Crippen LogP contribution in [0.5, 0.6) is 5.75 Å². The highest BCUT2D eigenvalue weighted by Crippen LogP contribution is 2.12. The van der Waals surface area contributed by atoms with E-state index >= 15 is 0 Å². The fraction of sp³-hybridized carbons (Fsp3) is 0.263. The van der Waals surface area contributed by atoms with Gasteiger partial charge >= 0.3 is 5.97 Å². The predicted octanol–water partition coefficient (Wildman–Crippen LogP) is 2.84. The summed E-state index contributed by atoms with van der Waals surface area (Å²) in [5.41, 5.74) is 2.05. The molecule has 126 valence electrons. The van der Waals surface area contributed by atoms with Gasteiger partial charge in [-0.15, -0.1) is 0 Å². The van der Waals surface area contributed by atoms with Crippen molar-refractivity contribution in [1.29, 1.82) is 0 Å². The normalized spacial score (nSPS) is 10.0. The van der Waals surface area contributed by atoms with E-state index in [1.807, 2.05) is 54.6 Å². The van der Waals surface area contributed by atoms with Gasteiger partial charge < -0.3 is 14.8 Å². The molecule has 2 rings (SSSR count). The zero-order valence-electron chi connectivity index (χ0n) is 13.7. The Morgan fingerprint density at radius 3 is 2.25 bits per heavy atom. The number of methoxy groups -OCH3 is 1. The van der Waals surface area contributed by atoms with E-state index in [0.717, 1.165) is 16.9 Å². The van der Waals surface area contributed by atoms with Gasteiger partial charge in [0.15, 0.2) is 0 Å². The number of carbonyl (C=O) groups excluding carboxylic acids is 2. The molecule has 2 aromatic carbocycles. The molecule has 0 spiro atoms. The molecule has 0 atom stereocenters. The number of rotatable bonds is 8. The first kappa shape index (κ1) is 17.5. The number of esters is 1. The Kier molecular flexibility index (Phi) is 6.83. The molecular formula is C19H21NO4. The first-order chi connectivity index (χ1) is 11.7. The van der Waals surface area contributed by atoms with E-state index in [4.69, 9.17) is 4.74 Å². The number of benzene rings is 2. The van der Waals surface area contributed by atoms with E-state index in [0.29, 0.717) is 13.2 Å². The molecule has 0 saturated carbocycles. The van der Waals surface area contributed by atoms with Gasteiger partial charge in [-0.3, -0.25) is 9.59 Å². The van der Waals surface area contributed by atoms with E-state index < -0.39 is 0 Å². The summed E-state index contributed by atoms with van der Waals surface area (Å²) in [6.07, 6.45) is 0.230. The van der Waals surface area contributed by atoms with Crippen molar-refractivity contribution in [3.63, 3.8) is 0 Å². The standard InChI is InChI=1S/C19H21NO4/c1-23-19(22)12-11-18(21)20-13-15-7-9-16(10-8-15)14-24-17-5-3-2-4-6-17/h2-10H,11-14H2,1H3,(H,20,21). The van der Waals surface area contributed by atoms with Crippen LogP contribution in [0.2, 0.25) is 0 Å². The maximum Gasteiger partial charge on any atom is 0.306 e. The largest absolute Gasteiger partial charge is 0.489 e. The quantitative estimate of drug-likeness (QED) is 0.757. The first-order valence-electron chi connectivity index (χ1n) is 7.76. The van der Waals surface area contributed by atoms with Crippen LogP contribution in [-0.2, 0) is 27.5 Å². The molecule has 0 radical (unpaired) electrons. The number of nitrogens with one attached hydrogen (secondary N) is 1. The van der Waals surface area contributed by atoms with Gasteiger partial charge in [-0.2, -0.15) is 0 Å². The lowest BCUT2D eigenvalue weighted by atomic mass is 10.1. The average molecular weight is 327 g/mol. The molecule has 1 N–H and O–H groups in total. The van der Waals surface area contributed by atoms with Crippen molar-refractivity contribution in [2.24, 2.45) is 0 Å². The van der Waals surface area contributed by atoms with Crippen LogP contribution in [0.1, 0.15) is 24.0 Å². The molecule has 0 aliphatic rings. The Morgan fingerprint density at radius 2 is 1.58 bits per heavy atom. The van der Waals surface area contributed by atoms with Crippen LogP contribution < -0.4 is 10.1 Å². The van der Waals surface area contributed by atoms with Crippen LogP contribution in [0.4, 0.5) is 0 Å². The van der Waals surface area contributed by atoms with E-state index in [9.17, 15) is 9.59 Å². The lowest BCUT2D eigenvalue weighted by Crippen LogP contribution is -2.23. The number of para-hydroxylation sites is 1. The number of amides is 1. The minimum absolute atomic E-state index is 0.0953. The van der Waals surface area contributed by atoms with Crippen LogP contribution in [0.25, 0.3) is 0 Å². The van der Waals surface area contributed by atoms with E-state index in [1.165, 1.54) is 7.11 Å². The maximum atomic E-state index is 11.6.